The standard InChI is InChI=1S/C22H22N6O2S/c1-3-4-5-9-19(29)23-15-7-6-8-16(14-15)30-21-20-17(11-13-31-20)24-22(26-21)25-18-10-12-28(2)27-18/h5-14H,3-4H2,1-2H3,(H,23,29)(H,24,25,26,27)/b9-5+. The van der Waals surface area contributed by atoms with Crippen LogP contribution in [-0.2, 0) is 11.8 Å². The number of carbonyl (C=O) groups is 1. The maximum absolute atomic E-state index is 12.0. The van der Waals surface area contributed by atoms with Crippen molar-refractivity contribution in [1.82, 2.24) is 19.7 Å². The number of rotatable bonds is 8. The van der Waals surface area contributed by atoms with Crippen LogP contribution in [0.15, 0.2) is 60.1 Å². The average molecular weight is 435 g/mol. The Kier molecular flexibility index (Phi) is 6.23. The minimum Gasteiger partial charge on any atom is -0.437 e. The van der Waals surface area contributed by atoms with Crippen LogP contribution in [0.1, 0.15) is 19.8 Å². The van der Waals surface area contributed by atoms with E-state index in [1.807, 2.05) is 55.0 Å². The monoisotopic (exact) mass is 434 g/mol. The molecule has 31 heavy (non-hydrogen) atoms. The van der Waals surface area contributed by atoms with E-state index in [0.29, 0.717) is 29.1 Å². The highest BCUT2D eigenvalue weighted by molar-refractivity contribution is 7.17. The van der Waals surface area contributed by atoms with Gasteiger partial charge in [0.25, 0.3) is 0 Å². The number of amides is 1. The molecule has 3 heterocycles. The molecule has 0 saturated carbocycles. The van der Waals surface area contributed by atoms with Crippen molar-refractivity contribution >= 4 is 44.9 Å². The number of thiophene rings is 1. The third-order valence-corrected chi connectivity index (χ3v) is 5.16. The summed E-state index contributed by atoms with van der Waals surface area (Å²) in [5.74, 6) is 1.86. The predicted molar refractivity (Wildman–Crippen MR) is 123 cm³/mol. The Morgan fingerprint density at radius 1 is 1.26 bits per heavy atom. The Morgan fingerprint density at radius 2 is 2.16 bits per heavy atom. The Balaban J connectivity index is 1.55. The first-order valence-electron chi connectivity index (χ1n) is 9.88. The lowest BCUT2D eigenvalue weighted by atomic mass is 10.3. The lowest BCUT2D eigenvalue weighted by molar-refractivity contribution is -0.111. The number of unbranched alkanes of at least 4 members (excludes halogenated alkanes) is 1. The molecule has 2 N–H and O–H groups in total. The molecule has 9 heteroatoms. The van der Waals surface area contributed by atoms with E-state index in [1.165, 1.54) is 11.3 Å². The summed E-state index contributed by atoms with van der Waals surface area (Å²) in [6, 6.07) is 11.0. The van der Waals surface area contributed by atoms with Gasteiger partial charge in [0.2, 0.25) is 17.7 Å². The second kappa shape index (κ2) is 9.40. The number of aryl methyl sites for hydroxylation is 1. The van der Waals surface area contributed by atoms with Crippen molar-refractivity contribution in [1.29, 1.82) is 0 Å². The van der Waals surface area contributed by atoms with Crippen LogP contribution in [0.5, 0.6) is 11.6 Å². The van der Waals surface area contributed by atoms with E-state index in [0.717, 1.165) is 23.1 Å². The molecule has 4 rings (SSSR count). The zero-order valence-electron chi connectivity index (χ0n) is 17.2. The van der Waals surface area contributed by atoms with Gasteiger partial charge in [0.05, 0.1) is 5.52 Å². The number of carbonyl (C=O) groups excluding carboxylic acids is 1. The van der Waals surface area contributed by atoms with Crippen LogP contribution in [0.4, 0.5) is 17.5 Å². The summed E-state index contributed by atoms with van der Waals surface area (Å²) in [7, 11) is 1.84. The molecule has 0 aliphatic rings. The third-order valence-electron chi connectivity index (χ3n) is 4.27. The first kappa shape index (κ1) is 20.5. The summed E-state index contributed by atoms with van der Waals surface area (Å²) in [5.41, 5.74) is 1.42. The molecule has 0 bridgehead atoms. The molecule has 0 atom stereocenters. The molecule has 0 aliphatic carbocycles. The first-order chi connectivity index (χ1) is 15.1. The van der Waals surface area contributed by atoms with Gasteiger partial charge in [-0.2, -0.15) is 10.1 Å². The molecule has 158 valence electrons. The second-order valence-corrected chi connectivity index (χ2v) is 7.71. The lowest BCUT2D eigenvalue weighted by Gasteiger charge is -2.10. The predicted octanol–water partition coefficient (Wildman–Crippen LogP) is 5.26. The number of nitrogens with zero attached hydrogens (tertiary/aromatic N) is 4. The van der Waals surface area contributed by atoms with Crippen LogP contribution < -0.4 is 15.4 Å². The topological polar surface area (TPSA) is 94.0 Å². The zero-order chi connectivity index (χ0) is 21.6. The number of fused-ring (bicyclic) bond motifs is 1. The van der Waals surface area contributed by atoms with Gasteiger partial charge in [-0.25, -0.2) is 4.98 Å². The number of hydrogen-bond donors (Lipinski definition) is 2. The van der Waals surface area contributed by atoms with E-state index in [-0.39, 0.29) is 5.91 Å². The molecule has 0 fully saturated rings. The van der Waals surface area contributed by atoms with Gasteiger partial charge < -0.3 is 15.4 Å². The van der Waals surface area contributed by atoms with Crippen LogP contribution in [-0.4, -0.2) is 25.7 Å². The van der Waals surface area contributed by atoms with Gasteiger partial charge in [-0.05, 0) is 36.1 Å². The summed E-state index contributed by atoms with van der Waals surface area (Å²) in [4.78, 5) is 21.1. The number of allylic oxidation sites excluding steroid dienone is 1. The molecule has 4 aromatic rings. The average Bonchev–Trinajstić information content (AvgIpc) is 3.37. The second-order valence-electron chi connectivity index (χ2n) is 6.80. The van der Waals surface area contributed by atoms with Gasteiger partial charge >= 0.3 is 0 Å². The van der Waals surface area contributed by atoms with Gasteiger partial charge in [0, 0.05) is 31.1 Å². The molecular formula is C22H22N6O2S. The Bertz CT molecular complexity index is 1230. The highest BCUT2D eigenvalue weighted by Crippen LogP contribution is 2.33. The molecule has 0 spiro atoms. The molecule has 0 aliphatic heterocycles. The number of anilines is 3. The fourth-order valence-corrected chi connectivity index (χ4v) is 3.60. The summed E-state index contributed by atoms with van der Waals surface area (Å²) in [5, 5.41) is 12.2. The van der Waals surface area contributed by atoms with Crippen molar-refractivity contribution in [2.24, 2.45) is 7.05 Å². The van der Waals surface area contributed by atoms with E-state index < -0.39 is 0 Å². The molecule has 8 nitrogen and oxygen atoms in total. The molecule has 1 amide bonds. The Labute approximate surface area is 183 Å². The summed E-state index contributed by atoms with van der Waals surface area (Å²) in [6.45, 7) is 2.07. The summed E-state index contributed by atoms with van der Waals surface area (Å²) >= 11 is 1.50. The highest BCUT2D eigenvalue weighted by atomic mass is 32.1. The summed E-state index contributed by atoms with van der Waals surface area (Å²) in [6.07, 6.45) is 7.11. The molecule has 1 aromatic carbocycles. The van der Waals surface area contributed by atoms with E-state index in [9.17, 15) is 4.79 Å². The van der Waals surface area contributed by atoms with Crippen molar-refractivity contribution in [3.63, 3.8) is 0 Å². The molecule has 0 radical (unpaired) electrons. The normalized spacial score (nSPS) is 11.2. The number of aromatic nitrogens is 4. The molecular weight excluding hydrogens is 412 g/mol. The highest BCUT2D eigenvalue weighted by Gasteiger charge is 2.13. The molecule has 0 unspecified atom stereocenters. The van der Waals surface area contributed by atoms with Crippen LogP contribution in [0.3, 0.4) is 0 Å². The number of hydrogen-bond acceptors (Lipinski definition) is 7. The quantitative estimate of drug-likeness (QED) is 0.368. The maximum atomic E-state index is 12.0. The number of benzene rings is 1. The Morgan fingerprint density at radius 3 is 2.97 bits per heavy atom. The third kappa shape index (κ3) is 5.26. The van der Waals surface area contributed by atoms with E-state index in [1.54, 1.807) is 16.8 Å². The minimum atomic E-state index is -0.171. The summed E-state index contributed by atoms with van der Waals surface area (Å²) < 4.78 is 8.61. The lowest BCUT2D eigenvalue weighted by Crippen LogP contribution is -2.07. The minimum absolute atomic E-state index is 0.171. The fraction of sp³-hybridized carbons (Fsp3) is 0.182. The van der Waals surface area contributed by atoms with Crippen molar-refractivity contribution in [2.75, 3.05) is 10.6 Å². The number of ether oxygens (including phenoxy) is 1. The van der Waals surface area contributed by atoms with Crippen molar-refractivity contribution < 1.29 is 9.53 Å². The SMILES string of the molecule is CCC/C=C/C(=O)Nc1cccc(Oc2nc(Nc3ccn(C)n3)nc3ccsc23)c1. The van der Waals surface area contributed by atoms with Crippen LogP contribution in [0, 0.1) is 0 Å². The van der Waals surface area contributed by atoms with Crippen molar-refractivity contribution in [2.45, 2.75) is 19.8 Å². The van der Waals surface area contributed by atoms with Crippen molar-refractivity contribution in [3.05, 3.63) is 60.1 Å². The largest absolute Gasteiger partial charge is 0.437 e. The van der Waals surface area contributed by atoms with Gasteiger partial charge in [-0.3, -0.25) is 9.48 Å². The van der Waals surface area contributed by atoms with E-state index in [4.69, 9.17) is 4.74 Å². The fourth-order valence-electron chi connectivity index (χ4n) is 2.85. The molecule has 0 saturated heterocycles. The van der Waals surface area contributed by atoms with E-state index in [2.05, 4.69) is 32.6 Å². The van der Waals surface area contributed by atoms with E-state index >= 15 is 0 Å². The van der Waals surface area contributed by atoms with Gasteiger partial charge in [-0.1, -0.05) is 25.5 Å². The van der Waals surface area contributed by atoms with Crippen molar-refractivity contribution in [3.8, 4) is 11.6 Å². The maximum Gasteiger partial charge on any atom is 0.248 e. The van der Waals surface area contributed by atoms with Gasteiger partial charge in [-0.15, -0.1) is 11.3 Å². The zero-order valence-corrected chi connectivity index (χ0v) is 18.0. The molecule has 3 aromatic heterocycles. The number of nitrogens with one attached hydrogen (secondary N) is 2. The van der Waals surface area contributed by atoms with Gasteiger partial charge in [0.1, 0.15) is 10.4 Å². The van der Waals surface area contributed by atoms with Crippen LogP contribution in [0.2, 0.25) is 0 Å². The first-order valence-corrected chi connectivity index (χ1v) is 10.8. The smallest absolute Gasteiger partial charge is 0.248 e. The van der Waals surface area contributed by atoms with Crippen LogP contribution in [0.25, 0.3) is 10.2 Å². The van der Waals surface area contributed by atoms with Gasteiger partial charge in [0.15, 0.2) is 5.82 Å². The Hall–Kier alpha value is -3.72. The van der Waals surface area contributed by atoms with Crippen LogP contribution >= 0.6 is 11.3 Å².